The van der Waals surface area contributed by atoms with Gasteiger partial charge in [-0.3, -0.25) is 0 Å². The molecular formula is C19H18N2. The van der Waals surface area contributed by atoms with Crippen LogP contribution in [0.25, 0.3) is 11.1 Å². The average molecular weight is 274 g/mol. The van der Waals surface area contributed by atoms with Crippen molar-refractivity contribution in [3.8, 4) is 11.1 Å². The minimum absolute atomic E-state index is 0.787. The molecule has 0 unspecified atom stereocenters. The number of nitrogen functional groups attached to an aromatic ring is 2. The molecule has 0 saturated carbocycles. The Morgan fingerprint density at radius 3 is 2.05 bits per heavy atom. The van der Waals surface area contributed by atoms with E-state index in [0.717, 1.165) is 17.8 Å². The molecule has 2 heteroatoms. The molecule has 0 aliphatic carbocycles. The van der Waals surface area contributed by atoms with Gasteiger partial charge < -0.3 is 11.5 Å². The Hall–Kier alpha value is -2.74. The van der Waals surface area contributed by atoms with Gasteiger partial charge >= 0.3 is 0 Å². The SMILES string of the molecule is Nc1ccc(Cc2ccc(N)cc2-c2ccccc2)cc1. The smallest absolute Gasteiger partial charge is 0.0320 e. The fourth-order valence-electron chi connectivity index (χ4n) is 2.49. The Kier molecular flexibility index (Phi) is 3.61. The van der Waals surface area contributed by atoms with Crippen LogP contribution in [0.4, 0.5) is 11.4 Å². The van der Waals surface area contributed by atoms with Crippen LogP contribution in [0.5, 0.6) is 0 Å². The summed E-state index contributed by atoms with van der Waals surface area (Å²) in [6, 6.07) is 24.5. The fourth-order valence-corrected chi connectivity index (χ4v) is 2.49. The lowest BCUT2D eigenvalue weighted by atomic mass is 9.94. The summed E-state index contributed by atoms with van der Waals surface area (Å²) in [5, 5.41) is 0. The lowest BCUT2D eigenvalue weighted by molar-refractivity contribution is 1.20. The molecule has 0 aromatic heterocycles. The first kappa shape index (κ1) is 13.3. The first-order valence-electron chi connectivity index (χ1n) is 7.00. The minimum atomic E-state index is 0.787. The van der Waals surface area contributed by atoms with Crippen molar-refractivity contribution >= 4 is 11.4 Å². The van der Waals surface area contributed by atoms with Gasteiger partial charge in [0.2, 0.25) is 0 Å². The lowest BCUT2D eigenvalue weighted by Gasteiger charge is -2.11. The summed E-state index contributed by atoms with van der Waals surface area (Å²) in [6.45, 7) is 0. The van der Waals surface area contributed by atoms with Gasteiger partial charge in [0.25, 0.3) is 0 Å². The minimum Gasteiger partial charge on any atom is -0.399 e. The molecule has 3 aromatic rings. The van der Waals surface area contributed by atoms with Crippen LogP contribution in [-0.2, 0) is 6.42 Å². The van der Waals surface area contributed by atoms with Gasteiger partial charge in [-0.25, -0.2) is 0 Å². The van der Waals surface area contributed by atoms with Crippen LogP contribution in [0.15, 0.2) is 72.8 Å². The van der Waals surface area contributed by atoms with Crippen LogP contribution < -0.4 is 11.5 Å². The van der Waals surface area contributed by atoms with Crippen LogP contribution in [0.2, 0.25) is 0 Å². The molecule has 0 fully saturated rings. The van der Waals surface area contributed by atoms with E-state index in [1.54, 1.807) is 0 Å². The maximum absolute atomic E-state index is 5.96. The third-order valence-corrected chi connectivity index (χ3v) is 3.59. The first-order valence-corrected chi connectivity index (χ1v) is 7.00. The zero-order valence-corrected chi connectivity index (χ0v) is 11.8. The van der Waals surface area contributed by atoms with Crippen molar-refractivity contribution in [2.75, 3.05) is 11.5 Å². The number of hydrogen-bond donors (Lipinski definition) is 2. The molecular weight excluding hydrogens is 256 g/mol. The highest BCUT2D eigenvalue weighted by Crippen LogP contribution is 2.28. The van der Waals surface area contributed by atoms with Gasteiger partial charge in [-0.1, -0.05) is 48.5 Å². The van der Waals surface area contributed by atoms with Crippen LogP contribution in [0, 0.1) is 0 Å². The van der Waals surface area contributed by atoms with E-state index in [1.807, 2.05) is 42.5 Å². The van der Waals surface area contributed by atoms with Gasteiger partial charge in [-0.2, -0.15) is 0 Å². The van der Waals surface area contributed by atoms with Crippen LogP contribution in [-0.4, -0.2) is 0 Å². The molecule has 0 radical (unpaired) electrons. The summed E-state index contributed by atoms with van der Waals surface area (Å²) in [5.41, 5.74) is 18.2. The van der Waals surface area contributed by atoms with Gasteiger partial charge in [-0.05, 0) is 52.9 Å². The Morgan fingerprint density at radius 1 is 0.667 bits per heavy atom. The Labute approximate surface area is 125 Å². The second-order valence-corrected chi connectivity index (χ2v) is 5.20. The van der Waals surface area contributed by atoms with Crippen molar-refractivity contribution < 1.29 is 0 Å². The molecule has 2 nitrogen and oxygen atoms in total. The van der Waals surface area contributed by atoms with Gasteiger partial charge in [-0.15, -0.1) is 0 Å². The second kappa shape index (κ2) is 5.71. The summed E-state index contributed by atoms with van der Waals surface area (Å²) in [6.07, 6.45) is 0.866. The van der Waals surface area contributed by atoms with E-state index < -0.39 is 0 Å². The third kappa shape index (κ3) is 3.06. The van der Waals surface area contributed by atoms with Crippen LogP contribution >= 0.6 is 0 Å². The van der Waals surface area contributed by atoms with E-state index in [1.165, 1.54) is 22.3 Å². The highest BCUT2D eigenvalue weighted by molar-refractivity contribution is 5.71. The van der Waals surface area contributed by atoms with Crippen LogP contribution in [0.3, 0.4) is 0 Å². The van der Waals surface area contributed by atoms with E-state index in [-0.39, 0.29) is 0 Å². The number of nitrogens with two attached hydrogens (primary N) is 2. The summed E-state index contributed by atoms with van der Waals surface area (Å²) in [7, 11) is 0. The van der Waals surface area contributed by atoms with Crippen molar-refractivity contribution in [1.82, 2.24) is 0 Å². The number of anilines is 2. The predicted molar refractivity (Wildman–Crippen MR) is 90.0 cm³/mol. The molecule has 0 amide bonds. The molecule has 104 valence electrons. The van der Waals surface area contributed by atoms with Crippen molar-refractivity contribution in [1.29, 1.82) is 0 Å². The largest absolute Gasteiger partial charge is 0.399 e. The molecule has 0 bridgehead atoms. The normalized spacial score (nSPS) is 10.5. The van der Waals surface area contributed by atoms with Crippen molar-refractivity contribution in [2.24, 2.45) is 0 Å². The summed E-state index contributed by atoms with van der Waals surface area (Å²) < 4.78 is 0. The number of rotatable bonds is 3. The van der Waals surface area contributed by atoms with E-state index in [2.05, 4.69) is 30.3 Å². The molecule has 0 aliphatic heterocycles. The highest BCUT2D eigenvalue weighted by atomic mass is 14.5. The molecule has 3 aromatic carbocycles. The van der Waals surface area contributed by atoms with E-state index >= 15 is 0 Å². The van der Waals surface area contributed by atoms with Crippen molar-refractivity contribution in [2.45, 2.75) is 6.42 Å². The molecule has 0 heterocycles. The van der Waals surface area contributed by atoms with Crippen molar-refractivity contribution in [3.63, 3.8) is 0 Å². The maximum atomic E-state index is 5.96. The second-order valence-electron chi connectivity index (χ2n) is 5.20. The monoisotopic (exact) mass is 274 g/mol. The Bertz CT molecular complexity index is 731. The summed E-state index contributed by atoms with van der Waals surface area (Å²) in [5.74, 6) is 0. The van der Waals surface area contributed by atoms with Crippen molar-refractivity contribution in [3.05, 3.63) is 83.9 Å². The molecule has 21 heavy (non-hydrogen) atoms. The zero-order chi connectivity index (χ0) is 14.7. The summed E-state index contributed by atoms with van der Waals surface area (Å²) >= 11 is 0. The Balaban J connectivity index is 2.00. The summed E-state index contributed by atoms with van der Waals surface area (Å²) in [4.78, 5) is 0. The van der Waals surface area contributed by atoms with Gasteiger partial charge in [0.1, 0.15) is 0 Å². The van der Waals surface area contributed by atoms with E-state index in [9.17, 15) is 0 Å². The fraction of sp³-hybridized carbons (Fsp3) is 0.0526. The van der Waals surface area contributed by atoms with Gasteiger partial charge in [0, 0.05) is 11.4 Å². The zero-order valence-electron chi connectivity index (χ0n) is 11.8. The number of benzene rings is 3. The average Bonchev–Trinajstić information content (AvgIpc) is 2.52. The standard InChI is InChI=1S/C19H18N2/c20-17-9-6-14(7-10-17)12-16-8-11-18(21)13-19(16)15-4-2-1-3-5-15/h1-11,13H,12,20-21H2. The Morgan fingerprint density at radius 2 is 1.33 bits per heavy atom. The highest BCUT2D eigenvalue weighted by Gasteiger charge is 2.06. The number of hydrogen-bond acceptors (Lipinski definition) is 2. The lowest BCUT2D eigenvalue weighted by Crippen LogP contribution is -1.95. The first-order chi connectivity index (χ1) is 10.2. The van der Waals surface area contributed by atoms with E-state index in [4.69, 9.17) is 11.5 Å². The van der Waals surface area contributed by atoms with Gasteiger partial charge in [0.05, 0.1) is 0 Å². The van der Waals surface area contributed by atoms with Gasteiger partial charge in [0.15, 0.2) is 0 Å². The molecule has 0 saturated heterocycles. The molecule has 4 N–H and O–H groups in total. The molecule has 0 aliphatic rings. The van der Waals surface area contributed by atoms with Crippen LogP contribution in [0.1, 0.15) is 11.1 Å². The molecule has 0 atom stereocenters. The van der Waals surface area contributed by atoms with E-state index in [0.29, 0.717) is 0 Å². The topological polar surface area (TPSA) is 52.0 Å². The third-order valence-electron chi connectivity index (χ3n) is 3.59. The maximum Gasteiger partial charge on any atom is 0.0320 e. The molecule has 3 rings (SSSR count). The predicted octanol–water partition coefficient (Wildman–Crippen LogP) is 4.11. The molecule has 0 spiro atoms. The quantitative estimate of drug-likeness (QED) is 0.706.